The fourth-order valence-corrected chi connectivity index (χ4v) is 3.25. The summed E-state index contributed by atoms with van der Waals surface area (Å²) in [4.78, 5) is 16.4. The Morgan fingerprint density at radius 3 is 3.05 bits per heavy atom. The first-order valence-corrected chi connectivity index (χ1v) is 6.96. The molecule has 3 fully saturated rings. The molecule has 3 aliphatic rings. The lowest BCUT2D eigenvalue weighted by Gasteiger charge is -2.45. The molecule has 1 aromatic heterocycles. The lowest BCUT2D eigenvalue weighted by atomic mass is 9.72. The molecule has 2 aliphatic carbocycles. The SMILES string of the molecule is NC1C2CCOC2C1Nc1nccn(C2CC2)c1=O. The number of nitrogens with zero attached hydrogens (tertiary/aromatic N) is 2. The number of anilines is 1. The molecule has 4 rings (SSSR count). The zero-order valence-corrected chi connectivity index (χ0v) is 10.7. The van der Waals surface area contributed by atoms with Crippen LogP contribution in [-0.4, -0.2) is 34.3 Å². The van der Waals surface area contributed by atoms with E-state index in [1.54, 1.807) is 17.0 Å². The molecule has 2 saturated carbocycles. The molecule has 19 heavy (non-hydrogen) atoms. The van der Waals surface area contributed by atoms with Gasteiger partial charge in [-0.1, -0.05) is 0 Å². The van der Waals surface area contributed by atoms with Crippen molar-refractivity contribution in [2.75, 3.05) is 11.9 Å². The minimum atomic E-state index is -0.0429. The monoisotopic (exact) mass is 262 g/mol. The Morgan fingerprint density at radius 1 is 1.42 bits per heavy atom. The van der Waals surface area contributed by atoms with E-state index in [9.17, 15) is 4.79 Å². The molecular formula is C13H18N4O2. The number of fused-ring (bicyclic) bond motifs is 1. The first-order chi connectivity index (χ1) is 9.25. The summed E-state index contributed by atoms with van der Waals surface area (Å²) in [6, 6.07) is 0.438. The number of rotatable bonds is 3. The fourth-order valence-electron chi connectivity index (χ4n) is 3.25. The largest absolute Gasteiger partial charge is 0.376 e. The molecule has 0 radical (unpaired) electrons. The van der Waals surface area contributed by atoms with Crippen molar-refractivity contribution in [3.63, 3.8) is 0 Å². The second-order valence-electron chi connectivity index (χ2n) is 5.75. The zero-order valence-electron chi connectivity index (χ0n) is 10.7. The molecule has 0 bridgehead atoms. The highest BCUT2D eigenvalue weighted by molar-refractivity contribution is 5.36. The van der Waals surface area contributed by atoms with Crippen LogP contribution in [0.25, 0.3) is 0 Å². The summed E-state index contributed by atoms with van der Waals surface area (Å²) in [5.74, 6) is 0.843. The molecule has 1 aromatic rings. The standard InChI is InChI=1S/C13H18N4O2/c14-9-8-3-6-19-11(8)10(9)16-12-13(18)17(5-4-15-12)7-1-2-7/h4-5,7-11H,1-3,6,14H2,(H,15,16). The van der Waals surface area contributed by atoms with Gasteiger partial charge in [0.25, 0.3) is 5.56 Å². The van der Waals surface area contributed by atoms with Crippen LogP contribution >= 0.6 is 0 Å². The second kappa shape index (κ2) is 4.05. The van der Waals surface area contributed by atoms with Crippen LogP contribution in [0.5, 0.6) is 0 Å². The maximum atomic E-state index is 12.3. The third-order valence-corrected chi connectivity index (χ3v) is 4.56. The van der Waals surface area contributed by atoms with Gasteiger partial charge in [-0.15, -0.1) is 0 Å². The van der Waals surface area contributed by atoms with Crippen molar-refractivity contribution in [1.29, 1.82) is 0 Å². The van der Waals surface area contributed by atoms with Crippen LogP contribution in [0, 0.1) is 5.92 Å². The van der Waals surface area contributed by atoms with Crippen LogP contribution in [0.2, 0.25) is 0 Å². The summed E-state index contributed by atoms with van der Waals surface area (Å²) in [5, 5.41) is 3.20. The molecule has 6 heteroatoms. The number of nitrogens with one attached hydrogen (secondary N) is 1. The van der Waals surface area contributed by atoms with Crippen molar-refractivity contribution in [3.05, 3.63) is 22.7 Å². The molecule has 102 valence electrons. The van der Waals surface area contributed by atoms with E-state index in [1.165, 1.54) is 0 Å². The van der Waals surface area contributed by atoms with Gasteiger partial charge in [0.1, 0.15) is 0 Å². The Labute approximate surface area is 111 Å². The highest BCUT2D eigenvalue weighted by Gasteiger charge is 2.52. The van der Waals surface area contributed by atoms with Crippen molar-refractivity contribution in [2.45, 2.75) is 43.5 Å². The molecule has 1 aliphatic heterocycles. The van der Waals surface area contributed by atoms with E-state index in [-0.39, 0.29) is 23.7 Å². The minimum Gasteiger partial charge on any atom is -0.376 e. The van der Waals surface area contributed by atoms with Crippen molar-refractivity contribution < 1.29 is 4.74 Å². The van der Waals surface area contributed by atoms with Gasteiger partial charge in [-0.25, -0.2) is 4.98 Å². The van der Waals surface area contributed by atoms with Gasteiger partial charge in [0, 0.05) is 37.0 Å². The number of hydrogen-bond acceptors (Lipinski definition) is 5. The molecule has 3 N–H and O–H groups in total. The zero-order chi connectivity index (χ0) is 13.0. The van der Waals surface area contributed by atoms with Crippen LogP contribution in [0.1, 0.15) is 25.3 Å². The lowest BCUT2D eigenvalue weighted by Crippen LogP contribution is -2.65. The highest BCUT2D eigenvalue weighted by Crippen LogP contribution is 2.39. The third kappa shape index (κ3) is 1.70. The molecule has 0 amide bonds. The van der Waals surface area contributed by atoms with E-state index < -0.39 is 0 Å². The van der Waals surface area contributed by atoms with Crippen LogP contribution in [0.3, 0.4) is 0 Å². The summed E-state index contributed by atoms with van der Waals surface area (Å²) in [5.41, 5.74) is 6.09. The van der Waals surface area contributed by atoms with Gasteiger partial charge >= 0.3 is 0 Å². The summed E-state index contributed by atoms with van der Waals surface area (Å²) in [6.45, 7) is 0.774. The Balaban J connectivity index is 1.57. The molecule has 0 aromatic carbocycles. The van der Waals surface area contributed by atoms with E-state index in [4.69, 9.17) is 10.5 Å². The number of aromatic nitrogens is 2. The van der Waals surface area contributed by atoms with Gasteiger partial charge in [-0.05, 0) is 19.3 Å². The summed E-state index contributed by atoms with van der Waals surface area (Å²) in [7, 11) is 0. The van der Waals surface area contributed by atoms with Crippen LogP contribution in [0.4, 0.5) is 5.82 Å². The first kappa shape index (κ1) is 11.4. The van der Waals surface area contributed by atoms with Gasteiger partial charge in [-0.2, -0.15) is 0 Å². The Hall–Kier alpha value is -1.40. The predicted molar refractivity (Wildman–Crippen MR) is 70.0 cm³/mol. The van der Waals surface area contributed by atoms with Gasteiger partial charge < -0.3 is 20.4 Å². The molecule has 4 atom stereocenters. The maximum absolute atomic E-state index is 12.3. The van der Waals surface area contributed by atoms with Crippen LogP contribution in [0.15, 0.2) is 17.2 Å². The number of ether oxygens (including phenoxy) is 1. The quantitative estimate of drug-likeness (QED) is 0.807. The van der Waals surface area contributed by atoms with E-state index in [2.05, 4.69) is 10.3 Å². The third-order valence-electron chi connectivity index (χ3n) is 4.56. The molecule has 4 unspecified atom stereocenters. The van der Waals surface area contributed by atoms with Crippen molar-refractivity contribution >= 4 is 5.82 Å². The number of nitrogens with two attached hydrogens (primary N) is 1. The lowest BCUT2D eigenvalue weighted by molar-refractivity contribution is 0.00518. The van der Waals surface area contributed by atoms with Crippen LogP contribution in [-0.2, 0) is 4.74 Å². The second-order valence-corrected chi connectivity index (χ2v) is 5.75. The average Bonchev–Trinajstić information content (AvgIpc) is 3.16. The first-order valence-electron chi connectivity index (χ1n) is 6.96. The Kier molecular flexibility index (Phi) is 2.43. The normalized spacial score (nSPS) is 36.7. The topological polar surface area (TPSA) is 82.2 Å². The van der Waals surface area contributed by atoms with Gasteiger partial charge in [0.15, 0.2) is 5.82 Å². The van der Waals surface area contributed by atoms with Crippen molar-refractivity contribution in [1.82, 2.24) is 9.55 Å². The van der Waals surface area contributed by atoms with Crippen molar-refractivity contribution in [3.8, 4) is 0 Å². The van der Waals surface area contributed by atoms with Crippen molar-refractivity contribution in [2.24, 2.45) is 11.7 Å². The fraction of sp³-hybridized carbons (Fsp3) is 0.692. The molecule has 2 heterocycles. The van der Waals surface area contributed by atoms with E-state index in [0.29, 0.717) is 17.8 Å². The van der Waals surface area contributed by atoms with E-state index in [0.717, 1.165) is 25.9 Å². The number of hydrogen-bond donors (Lipinski definition) is 2. The van der Waals surface area contributed by atoms with Gasteiger partial charge in [0.05, 0.1) is 12.1 Å². The minimum absolute atomic E-state index is 0.0164. The molecular weight excluding hydrogens is 244 g/mol. The Bertz CT molecular complexity index is 554. The Morgan fingerprint density at radius 2 is 2.26 bits per heavy atom. The molecule has 0 spiro atoms. The van der Waals surface area contributed by atoms with E-state index in [1.807, 2.05) is 0 Å². The smallest absolute Gasteiger partial charge is 0.293 e. The maximum Gasteiger partial charge on any atom is 0.293 e. The van der Waals surface area contributed by atoms with Gasteiger partial charge in [0.2, 0.25) is 0 Å². The molecule has 6 nitrogen and oxygen atoms in total. The predicted octanol–water partition coefficient (Wildman–Crippen LogP) is 0.105. The highest BCUT2D eigenvalue weighted by atomic mass is 16.5. The van der Waals surface area contributed by atoms with E-state index >= 15 is 0 Å². The summed E-state index contributed by atoms with van der Waals surface area (Å²) in [6.07, 6.45) is 6.78. The molecule has 1 saturated heterocycles. The summed E-state index contributed by atoms with van der Waals surface area (Å²) < 4.78 is 7.43. The summed E-state index contributed by atoms with van der Waals surface area (Å²) >= 11 is 0. The average molecular weight is 262 g/mol. The van der Waals surface area contributed by atoms with Crippen LogP contribution < -0.4 is 16.6 Å². The van der Waals surface area contributed by atoms with Gasteiger partial charge in [-0.3, -0.25) is 4.79 Å².